The minimum absolute atomic E-state index is 0.0144. The predicted octanol–water partition coefficient (Wildman–Crippen LogP) is 5.50. The molecule has 1 fully saturated rings. The van der Waals surface area contributed by atoms with Gasteiger partial charge in [-0.3, -0.25) is 14.5 Å². The first-order valence-electron chi connectivity index (χ1n) is 12.6. The normalized spacial score (nSPS) is 17.8. The van der Waals surface area contributed by atoms with Crippen LogP contribution < -0.4 is 10.1 Å². The number of nitrogens with zero attached hydrogens (tertiary/aromatic N) is 2. The van der Waals surface area contributed by atoms with Crippen LogP contribution in [0.3, 0.4) is 0 Å². The lowest BCUT2D eigenvalue weighted by Gasteiger charge is -2.49. The van der Waals surface area contributed by atoms with Crippen molar-refractivity contribution >= 4 is 70.1 Å². The van der Waals surface area contributed by atoms with E-state index in [0.717, 1.165) is 10.5 Å². The summed E-state index contributed by atoms with van der Waals surface area (Å²) in [6, 6.07) is 13.1. The third-order valence-electron chi connectivity index (χ3n) is 6.56. The van der Waals surface area contributed by atoms with Crippen molar-refractivity contribution in [2.45, 2.75) is 29.8 Å². The zero-order valence-corrected chi connectivity index (χ0v) is 25.7. The fourth-order valence-electron chi connectivity index (χ4n) is 4.36. The number of β-lactam (4-membered cyclic amide) rings is 1. The topological polar surface area (TPSA) is 111 Å². The Morgan fingerprint density at radius 1 is 1.19 bits per heavy atom. The average Bonchev–Trinajstić information content (AvgIpc) is 3.44. The zero-order valence-electron chi connectivity index (χ0n) is 22.5. The number of fused-ring (bicyclic) bond motifs is 1. The number of aryl methyl sites for hydroxylation is 1. The summed E-state index contributed by atoms with van der Waals surface area (Å²) in [5, 5.41) is 7.03. The fourth-order valence-corrected chi connectivity index (χ4v) is 6.86. The van der Waals surface area contributed by atoms with Crippen LogP contribution in [0.25, 0.3) is 5.57 Å². The van der Waals surface area contributed by atoms with Crippen molar-refractivity contribution in [3.8, 4) is 5.75 Å². The first kappa shape index (κ1) is 30.1. The highest BCUT2D eigenvalue weighted by molar-refractivity contribution is 8.00. The number of allylic oxidation sites excluding steroid dienone is 1. The van der Waals surface area contributed by atoms with Gasteiger partial charge in [0.1, 0.15) is 29.5 Å². The molecule has 2 aliphatic rings. The summed E-state index contributed by atoms with van der Waals surface area (Å²) in [6.45, 7) is 5.88. The largest absolute Gasteiger partial charge is 0.497 e. The molecule has 2 atom stereocenters. The molecule has 0 spiro atoms. The highest BCUT2D eigenvalue weighted by Crippen LogP contribution is 2.44. The monoisotopic (exact) mass is 645 g/mol. The second kappa shape index (κ2) is 12.9. The standard InChI is InChI=1S/C29H25Cl2N3O6S2/c1-15-10-23(40-33-15)16(2)20-13-42-28-25(32-24(35)14-41-19-8-9-21(30)22(31)11-19)27(36)34(28)26(20)29(37)39-12-17-4-6-18(38-3)7-5-17/h4-11,25,28H,2,12-14H2,1,3H3,(H,32,35)/t25-,28-/m1/s1. The number of hydrogen-bond acceptors (Lipinski definition) is 9. The van der Waals surface area contributed by atoms with Gasteiger partial charge in [-0.1, -0.05) is 47.1 Å². The van der Waals surface area contributed by atoms with Gasteiger partial charge in [0.2, 0.25) is 5.91 Å². The maximum Gasteiger partial charge on any atom is 0.355 e. The lowest BCUT2D eigenvalue weighted by Crippen LogP contribution is -2.70. The van der Waals surface area contributed by atoms with Crippen LogP contribution in [-0.2, 0) is 25.7 Å². The molecule has 2 amide bonds. The highest BCUT2D eigenvalue weighted by atomic mass is 35.5. The Hall–Kier alpha value is -3.38. The van der Waals surface area contributed by atoms with Crippen LogP contribution >= 0.6 is 46.7 Å². The molecule has 9 nitrogen and oxygen atoms in total. The summed E-state index contributed by atoms with van der Waals surface area (Å²) >= 11 is 14.7. The Kier molecular flexibility index (Phi) is 9.22. The van der Waals surface area contributed by atoms with E-state index in [9.17, 15) is 14.4 Å². The highest BCUT2D eigenvalue weighted by Gasteiger charge is 2.54. The van der Waals surface area contributed by atoms with Crippen molar-refractivity contribution in [3.05, 3.63) is 93.4 Å². The van der Waals surface area contributed by atoms with Crippen molar-refractivity contribution in [1.29, 1.82) is 0 Å². The quantitative estimate of drug-likeness (QED) is 0.173. The Morgan fingerprint density at radius 3 is 2.62 bits per heavy atom. The number of carbonyl (C=O) groups excluding carboxylic acids is 3. The number of hydrogen-bond donors (Lipinski definition) is 1. The first-order valence-corrected chi connectivity index (χ1v) is 15.4. The third kappa shape index (κ3) is 6.34. The number of aromatic nitrogens is 1. The molecule has 1 N–H and O–H groups in total. The number of methoxy groups -OCH3 is 1. The summed E-state index contributed by atoms with van der Waals surface area (Å²) in [7, 11) is 1.57. The van der Waals surface area contributed by atoms with Gasteiger partial charge in [-0.2, -0.15) is 0 Å². The van der Waals surface area contributed by atoms with Gasteiger partial charge in [0.25, 0.3) is 5.91 Å². The Balaban J connectivity index is 1.31. The first-order chi connectivity index (χ1) is 20.2. The molecular formula is C29H25Cl2N3O6S2. The number of nitrogens with one attached hydrogen (secondary N) is 1. The summed E-state index contributed by atoms with van der Waals surface area (Å²) in [5.41, 5.74) is 2.40. The van der Waals surface area contributed by atoms with Gasteiger partial charge in [-0.25, -0.2) is 4.79 Å². The van der Waals surface area contributed by atoms with Gasteiger partial charge in [-0.05, 0) is 42.8 Å². The maximum absolute atomic E-state index is 13.5. The molecule has 0 unspecified atom stereocenters. The van der Waals surface area contributed by atoms with E-state index in [4.69, 9.17) is 37.2 Å². The second-order valence-electron chi connectivity index (χ2n) is 9.38. The Labute approximate surface area is 260 Å². The summed E-state index contributed by atoms with van der Waals surface area (Å²) in [4.78, 5) is 41.8. The molecule has 0 bridgehead atoms. The van der Waals surface area contributed by atoms with Crippen molar-refractivity contribution in [2.24, 2.45) is 0 Å². The Bertz CT molecular complexity index is 1590. The van der Waals surface area contributed by atoms with E-state index in [-0.39, 0.29) is 24.0 Å². The molecule has 1 saturated heterocycles. The lowest BCUT2D eigenvalue weighted by atomic mass is 9.98. The molecule has 3 heterocycles. The number of esters is 1. The van der Waals surface area contributed by atoms with E-state index in [0.29, 0.717) is 44.1 Å². The molecule has 42 heavy (non-hydrogen) atoms. The molecule has 2 aromatic carbocycles. The van der Waals surface area contributed by atoms with Gasteiger partial charge in [0.15, 0.2) is 5.76 Å². The summed E-state index contributed by atoms with van der Waals surface area (Å²) in [5.74, 6) is 0.0369. The number of benzene rings is 2. The van der Waals surface area contributed by atoms with Crippen LogP contribution in [0.15, 0.2) is 75.8 Å². The van der Waals surface area contributed by atoms with E-state index in [1.54, 1.807) is 62.6 Å². The minimum atomic E-state index is -0.802. The van der Waals surface area contributed by atoms with Gasteiger partial charge in [-0.15, -0.1) is 23.5 Å². The van der Waals surface area contributed by atoms with Crippen molar-refractivity contribution in [1.82, 2.24) is 15.4 Å². The SMILES string of the molecule is C=C(C1=C(C(=O)OCc2ccc(OC)cc2)N2C(=O)[C@@H](NC(=O)CSc3ccc(Cl)c(Cl)c3)[C@H]2SC1)c1cc(C)no1. The number of thioether (sulfide) groups is 2. The van der Waals surface area contributed by atoms with E-state index < -0.39 is 23.3 Å². The molecule has 218 valence electrons. The second-order valence-corrected chi connectivity index (χ2v) is 12.4. The predicted molar refractivity (Wildman–Crippen MR) is 162 cm³/mol. The van der Waals surface area contributed by atoms with E-state index >= 15 is 0 Å². The smallest absolute Gasteiger partial charge is 0.355 e. The number of halogens is 2. The molecule has 0 saturated carbocycles. The number of rotatable bonds is 10. The fraction of sp³-hybridized carbons (Fsp3) is 0.241. The van der Waals surface area contributed by atoms with Crippen molar-refractivity contribution < 1.29 is 28.4 Å². The van der Waals surface area contributed by atoms with Crippen LogP contribution in [0, 0.1) is 6.92 Å². The van der Waals surface area contributed by atoms with E-state index in [2.05, 4.69) is 17.1 Å². The molecule has 0 aliphatic carbocycles. The maximum atomic E-state index is 13.5. The van der Waals surface area contributed by atoms with Crippen LogP contribution in [0.1, 0.15) is 17.0 Å². The number of ether oxygens (including phenoxy) is 2. The Morgan fingerprint density at radius 2 is 1.95 bits per heavy atom. The minimum Gasteiger partial charge on any atom is -0.497 e. The molecule has 5 rings (SSSR count). The van der Waals surface area contributed by atoms with Crippen LogP contribution in [0.2, 0.25) is 10.0 Å². The molecule has 1 aromatic heterocycles. The molecule has 3 aromatic rings. The summed E-state index contributed by atoms with van der Waals surface area (Å²) in [6.07, 6.45) is 0. The molecule has 0 radical (unpaired) electrons. The van der Waals surface area contributed by atoms with Crippen LogP contribution in [0.4, 0.5) is 0 Å². The van der Waals surface area contributed by atoms with Gasteiger partial charge >= 0.3 is 5.97 Å². The van der Waals surface area contributed by atoms with Crippen LogP contribution in [0.5, 0.6) is 5.75 Å². The molecule has 13 heteroatoms. The zero-order chi connectivity index (χ0) is 30.0. The van der Waals surface area contributed by atoms with Gasteiger partial charge < -0.3 is 19.3 Å². The summed E-state index contributed by atoms with van der Waals surface area (Å²) < 4.78 is 16.2. The number of carbonyl (C=O) groups is 3. The van der Waals surface area contributed by atoms with E-state index in [1.165, 1.54) is 28.4 Å². The van der Waals surface area contributed by atoms with Gasteiger partial charge in [0, 0.05) is 27.9 Å². The van der Waals surface area contributed by atoms with Crippen molar-refractivity contribution in [2.75, 3.05) is 18.6 Å². The van der Waals surface area contributed by atoms with Gasteiger partial charge in [0.05, 0.1) is 28.6 Å². The average molecular weight is 647 g/mol. The number of amides is 2. The lowest BCUT2D eigenvalue weighted by molar-refractivity contribution is -0.153. The third-order valence-corrected chi connectivity index (χ3v) is 9.57. The molecule has 2 aliphatic heterocycles. The van der Waals surface area contributed by atoms with Crippen LogP contribution in [-0.4, -0.2) is 57.9 Å². The van der Waals surface area contributed by atoms with E-state index in [1.807, 2.05) is 0 Å². The molecular weight excluding hydrogens is 621 g/mol. The van der Waals surface area contributed by atoms with Crippen molar-refractivity contribution in [3.63, 3.8) is 0 Å².